The van der Waals surface area contributed by atoms with E-state index in [1.54, 1.807) is 13.8 Å². The van der Waals surface area contributed by atoms with Crippen molar-refractivity contribution in [1.82, 2.24) is 19.6 Å². The highest BCUT2D eigenvalue weighted by Gasteiger charge is 2.64. The number of alkyl halides is 8. The monoisotopic (exact) mass is 376 g/mol. The van der Waals surface area contributed by atoms with Gasteiger partial charge in [0.15, 0.2) is 11.5 Å². The molecule has 0 aromatic carbocycles. The zero-order valence-electron chi connectivity index (χ0n) is 13.0. The van der Waals surface area contributed by atoms with Crippen molar-refractivity contribution in [2.75, 3.05) is 0 Å². The first-order chi connectivity index (χ1) is 11.2. The summed E-state index contributed by atoms with van der Waals surface area (Å²) in [6, 6.07) is 0. The minimum Gasteiger partial charge on any atom is -0.250 e. The molecule has 0 fully saturated rings. The Bertz CT molecular complexity index is 766. The first-order valence-corrected chi connectivity index (χ1v) is 6.82. The highest BCUT2D eigenvalue weighted by atomic mass is 19.4. The molecule has 0 saturated heterocycles. The average Bonchev–Trinajstić information content (AvgIpc) is 3.00. The van der Waals surface area contributed by atoms with E-state index in [9.17, 15) is 35.1 Å². The van der Waals surface area contributed by atoms with Gasteiger partial charge in [-0.3, -0.25) is 0 Å². The smallest absolute Gasteiger partial charge is 0.250 e. The summed E-state index contributed by atoms with van der Waals surface area (Å²) in [4.78, 5) is 0. The molecule has 0 aliphatic heterocycles. The second-order valence-corrected chi connectivity index (χ2v) is 5.61. The fourth-order valence-electron chi connectivity index (χ4n) is 2.14. The van der Waals surface area contributed by atoms with E-state index in [-0.39, 0.29) is 5.92 Å². The Hall–Kier alpha value is -2.14. The van der Waals surface area contributed by atoms with Crippen molar-refractivity contribution >= 4 is 0 Å². The molecule has 0 unspecified atom stereocenters. The molecule has 12 heteroatoms. The average molecular weight is 376 g/mol. The lowest BCUT2D eigenvalue weighted by atomic mass is 10.1. The molecule has 4 nitrogen and oxygen atoms in total. The molecule has 140 valence electrons. The lowest BCUT2D eigenvalue weighted by Crippen LogP contribution is -2.36. The Morgan fingerprint density at radius 3 is 1.96 bits per heavy atom. The third kappa shape index (κ3) is 3.21. The second kappa shape index (κ2) is 5.70. The molecule has 0 amide bonds. The van der Waals surface area contributed by atoms with Crippen LogP contribution in [0.3, 0.4) is 0 Å². The standard InChI is InChI=1S/C13H12F8N4/c1-6(2)7-4-22-25(5-7)10-8(12(16,17)18)9(23-24(10)3)11(14,15)13(19,20)21/h4-6H,1-3H3. The molecule has 0 spiro atoms. The van der Waals surface area contributed by atoms with Crippen molar-refractivity contribution < 1.29 is 35.1 Å². The maximum atomic E-state index is 13.6. The van der Waals surface area contributed by atoms with Gasteiger partial charge in [0, 0.05) is 13.2 Å². The largest absolute Gasteiger partial charge is 0.459 e. The van der Waals surface area contributed by atoms with E-state index >= 15 is 0 Å². The molecule has 0 aliphatic carbocycles. The van der Waals surface area contributed by atoms with Crippen LogP contribution in [-0.4, -0.2) is 25.7 Å². The molecule has 2 aromatic rings. The van der Waals surface area contributed by atoms with E-state index < -0.39 is 35.4 Å². The predicted octanol–water partition coefficient (Wildman–Crippen LogP) is 4.40. The van der Waals surface area contributed by atoms with Crippen LogP contribution in [0.25, 0.3) is 5.82 Å². The zero-order chi connectivity index (χ0) is 19.4. The van der Waals surface area contributed by atoms with Crippen molar-refractivity contribution in [2.24, 2.45) is 7.05 Å². The van der Waals surface area contributed by atoms with Crippen molar-refractivity contribution in [3.8, 4) is 5.82 Å². The van der Waals surface area contributed by atoms with Gasteiger partial charge in [-0.25, -0.2) is 9.36 Å². The number of aryl methyl sites for hydroxylation is 1. The zero-order valence-corrected chi connectivity index (χ0v) is 13.0. The van der Waals surface area contributed by atoms with Crippen molar-refractivity contribution in [3.63, 3.8) is 0 Å². The minimum atomic E-state index is -6.23. The number of rotatable bonds is 3. The first-order valence-electron chi connectivity index (χ1n) is 6.82. The van der Waals surface area contributed by atoms with E-state index in [2.05, 4.69) is 10.2 Å². The Morgan fingerprint density at radius 2 is 1.56 bits per heavy atom. The summed E-state index contributed by atoms with van der Waals surface area (Å²) in [5.41, 5.74) is -4.12. The molecule has 0 radical (unpaired) electrons. The van der Waals surface area contributed by atoms with Crippen LogP contribution in [0.15, 0.2) is 12.4 Å². The lowest BCUT2D eigenvalue weighted by Gasteiger charge is -2.19. The number of hydrogen-bond donors (Lipinski definition) is 0. The molecule has 0 N–H and O–H groups in total. The third-order valence-corrected chi connectivity index (χ3v) is 3.44. The molecule has 0 atom stereocenters. The van der Waals surface area contributed by atoms with Gasteiger partial charge in [0.2, 0.25) is 0 Å². The summed E-state index contributed by atoms with van der Waals surface area (Å²) in [6.07, 6.45) is -9.42. The summed E-state index contributed by atoms with van der Waals surface area (Å²) >= 11 is 0. The number of halogens is 8. The van der Waals surface area contributed by atoms with Crippen LogP contribution in [0.1, 0.15) is 36.6 Å². The van der Waals surface area contributed by atoms with Gasteiger partial charge >= 0.3 is 18.3 Å². The number of hydrogen-bond acceptors (Lipinski definition) is 2. The van der Waals surface area contributed by atoms with Gasteiger partial charge in [0.25, 0.3) is 0 Å². The van der Waals surface area contributed by atoms with Crippen molar-refractivity contribution in [3.05, 3.63) is 29.2 Å². The Labute approximate surface area is 136 Å². The van der Waals surface area contributed by atoms with Gasteiger partial charge in [-0.2, -0.15) is 45.3 Å². The molecule has 0 saturated carbocycles. The minimum absolute atomic E-state index is 0.146. The van der Waals surface area contributed by atoms with Crippen molar-refractivity contribution in [2.45, 2.75) is 38.0 Å². The quantitative estimate of drug-likeness (QED) is 0.745. The topological polar surface area (TPSA) is 35.6 Å². The van der Waals surface area contributed by atoms with Crippen molar-refractivity contribution in [1.29, 1.82) is 0 Å². The highest BCUT2D eigenvalue weighted by molar-refractivity contribution is 5.43. The Kier molecular flexibility index (Phi) is 4.37. The summed E-state index contributed by atoms with van der Waals surface area (Å²) in [5, 5.41) is 6.44. The highest BCUT2D eigenvalue weighted by Crippen LogP contribution is 2.49. The second-order valence-electron chi connectivity index (χ2n) is 5.61. The predicted molar refractivity (Wildman–Crippen MR) is 69.4 cm³/mol. The molecular weight excluding hydrogens is 364 g/mol. The SMILES string of the molecule is CC(C)c1cnn(-c2c(C(F)(F)F)c(C(F)(F)C(F)(F)F)nn2C)c1. The van der Waals surface area contributed by atoms with Gasteiger partial charge < -0.3 is 0 Å². The fraction of sp³-hybridized carbons (Fsp3) is 0.538. The van der Waals surface area contributed by atoms with Gasteiger partial charge in [0.1, 0.15) is 5.56 Å². The number of aromatic nitrogens is 4. The first kappa shape index (κ1) is 19.2. The van der Waals surface area contributed by atoms with Crippen LogP contribution < -0.4 is 0 Å². The van der Waals surface area contributed by atoms with E-state index in [1.807, 2.05) is 0 Å². The van der Waals surface area contributed by atoms with Crippen LogP contribution >= 0.6 is 0 Å². The van der Waals surface area contributed by atoms with Crippen LogP contribution in [0.2, 0.25) is 0 Å². The molecule has 25 heavy (non-hydrogen) atoms. The number of nitrogens with zero attached hydrogens (tertiary/aromatic N) is 4. The van der Waals surface area contributed by atoms with Crippen LogP contribution in [0.5, 0.6) is 0 Å². The van der Waals surface area contributed by atoms with Crippen LogP contribution in [-0.2, 0) is 19.1 Å². The van der Waals surface area contributed by atoms with Gasteiger partial charge in [-0.05, 0) is 11.5 Å². The Morgan fingerprint density at radius 1 is 1.00 bits per heavy atom. The summed E-state index contributed by atoms with van der Waals surface area (Å²) in [7, 11) is 0.831. The van der Waals surface area contributed by atoms with E-state index in [4.69, 9.17) is 0 Å². The Balaban J connectivity index is 2.78. The van der Waals surface area contributed by atoms with Crippen LogP contribution in [0.4, 0.5) is 35.1 Å². The molecule has 2 heterocycles. The summed E-state index contributed by atoms with van der Waals surface area (Å²) in [6.45, 7) is 3.41. The van der Waals surface area contributed by atoms with Crippen LogP contribution in [0, 0.1) is 0 Å². The fourth-order valence-corrected chi connectivity index (χ4v) is 2.14. The third-order valence-electron chi connectivity index (χ3n) is 3.44. The van der Waals surface area contributed by atoms with E-state index in [0.717, 1.165) is 13.2 Å². The van der Waals surface area contributed by atoms with Gasteiger partial charge in [-0.1, -0.05) is 13.8 Å². The molecule has 2 aromatic heterocycles. The molecule has 2 rings (SSSR count). The lowest BCUT2D eigenvalue weighted by molar-refractivity contribution is -0.292. The maximum Gasteiger partial charge on any atom is 0.459 e. The molecule has 0 aliphatic rings. The van der Waals surface area contributed by atoms with E-state index in [0.29, 0.717) is 14.9 Å². The summed E-state index contributed by atoms with van der Waals surface area (Å²) < 4.78 is 106. The molecular formula is C13H12F8N4. The van der Waals surface area contributed by atoms with Gasteiger partial charge in [0.05, 0.1) is 6.20 Å². The summed E-state index contributed by atoms with van der Waals surface area (Å²) in [5.74, 6) is -6.95. The molecule has 0 bridgehead atoms. The van der Waals surface area contributed by atoms with Gasteiger partial charge in [-0.15, -0.1) is 0 Å². The maximum absolute atomic E-state index is 13.6. The normalized spacial score (nSPS) is 13.8. The van der Waals surface area contributed by atoms with E-state index in [1.165, 1.54) is 6.20 Å².